The lowest BCUT2D eigenvalue weighted by Crippen LogP contribution is -2.37. The van der Waals surface area contributed by atoms with Crippen LogP contribution in [0.25, 0.3) is 0 Å². The van der Waals surface area contributed by atoms with Gasteiger partial charge in [0.2, 0.25) is 18.9 Å². The summed E-state index contributed by atoms with van der Waals surface area (Å²) in [5.74, 6) is 0.270. The first-order valence-corrected chi connectivity index (χ1v) is 8.73. The van der Waals surface area contributed by atoms with Crippen molar-refractivity contribution >= 4 is 11.6 Å². The van der Waals surface area contributed by atoms with Gasteiger partial charge in [0, 0.05) is 36.2 Å². The van der Waals surface area contributed by atoms with E-state index in [-0.39, 0.29) is 11.6 Å². The van der Waals surface area contributed by atoms with E-state index >= 15 is 0 Å². The molecule has 0 saturated heterocycles. The lowest BCUT2D eigenvalue weighted by atomic mass is 10.0. The predicted molar refractivity (Wildman–Crippen MR) is 97.4 cm³/mol. The first kappa shape index (κ1) is 17.7. The molecule has 2 heterocycles. The van der Waals surface area contributed by atoms with E-state index in [0.29, 0.717) is 31.5 Å². The van der Waals surface area contributed by atoms with Gasteiger partial charge in [0.25, 0.3) is 0 Å². The molecule has 0 saturated carbocycles. The van der Waals surface area contributed by atoms with Gasteiger partial charge in [-0.1, -0.05) is 36.4 Å². The topological polar surface area (TPSA) is 41.9 Å². The zero-order valence-electron chi connectivity index (χ0n) is 14.6. The smallest absolute Gasteiger partial charge is 0.227 e. The molecule has 2 aromatic heterocycles. The highest BCUT2D eigenvalue weighted by atomic mass is 16.1. The fourth-order valence-corrected chi connectivity index (χ4v) is 2.76. The van der Waals surface area contributed by atoms with Gasteiger partial charge in [-0.2, -0.15) is 9.13 Å². The summed E-state index contributed by atoms with van der Waals surface area (Å²) in [6.07, 6.45) is 8.72. The van der Waals surface area contributed by atoms with Crippen LogP contribution in [0.2, 0.25) is 0 Å². The van der Waals surface area contributed by atoms with E-state index in [4.69, 9.17) is 0 Å². The summed E-state index contributed by atoms with van der Waals surface area (Å²) in [7, 11) is 0. The van der Waals surface area contributed by atoms with E-state index in [0.717, 1.165) is 5.56 Å². The molecule has 0 atom stereocenters. The summed E-state index contributed by atoms with van der Waals surface area (Å²) in [6, 6.07) is 19.1. The number of aromatic nitrogens is 2. The molecule has 0 aliphatic heterocycles. The molecule has 0 radical (unpaired) electrons. The van der Waals surface area contributed by atoms with Crippen LogP contribution in [-0.4, -0.2) is 11.6 Å². The molecule has 26 heavy (non-hydrogen) atoms. The van der Waals surface area contributed by atoms with E-state index in [2.05, 4.69) is 0 Å². The minimum absolute atomic E-state index is 0.0734. The number of nitrogens with zero attached hydrogens (tertiary/aromatic N) is 2. The summed E-state index contributed by atoms with van der Waals surface area (Å²) >= 11 is 0. The Hall–Kier alpha value is -3.14. The number of aryl methyl sites for hydroxylation is 1. The molecule has 130 valence electrons. The molecular weight excluding hydrogens is 324 g/mol. The predicted octanol–water partition coefficient (Wildman–Crippen LogP) is 2.35. The second kappa shape index (κ2) is 8.81. The Morgan fingerprint density at radius 1 is 0.692 bits per heavy atom. The van der Waals surface area contributed by atoms with Crippen molar-refractivity contribution in [1.29, 1.82) is 0 Å². The van der Waals surface area contributed by atoms with Gasteiger partial charge < -0.3 is 0 Å². The number of pyridine rings is 2. The molecule has 1 aromatic carbocycles. The van der Waals surface area contributed by atoms with E-state index in [1.807, 2.05) is 94.6 Å². The largest absolute Gasteiger partial charge is 0.293 e. The maximum Gasteiger partial charge on any atom is 0.227 e. The molecule has 3 aromatic rings. The third-order valence-electron chi connectivity index (χ3n) is 4.21. The summed E-state index contributed by atoms with van der Waals surface area (Å²) in [6.45, 7) is 0.721. The van der Waals surface area contributed by atoms with Crippen LogP contribution in [0.1, 0.15) is 22.3 Å². The number of carbonyl (C=O) groups is 2. The highest BCUT2D eigenvalue weighted by Crippen LogP contribution is 2.08. The number of ketones is 2. The zero-order chi connectivity index (χ0) is 18.2. The number of Topliss-reactive ketones (excluding diaryl/α,β-unsaturated/α-hetero) is 2. The second-order valence-electron chi connectivity index (χ2n) is 6.25. The Labute approximate surface area is 153 Å². The lowest BCUT2D eigenvalue weighted by Gasteiger charge is -2.02. The Bertz CT molecular complexity index is 860. The number of benzene rings is 1. The highest BCUT2D eigenvalue weighted by molar-refractivity contribution is 5.95. The number of rotatable bonds is 8. The standard InChI is InChI=1S/C22H22N2O2/c25-21(17-23-13-3-1-4-14-23)12-9-19-7-10-20(11-8-19)22(26)18-24-15-5-2-6-16-24/h1-8,10-11,13-16H,9,12,17-18H2/q+2. The summed E-state index contributed by atoms with van der Waals surface area (Å²) in [5.41, 5.74) is 1.76. The first-order chi connectivity index (χ1) is 12.7. The maximum absolute atomic E-state index is 12.3. The monoisotopic (exact) mass is 346 g/mol. The number of carbonyl (C=O) groups excluding carboxylic acids is 2. The summed E-state index contributed by atoms with van der Waals surface area (Å²) in [5, 5.41) is 0. The molecule has 0 N–H and O–H groups in total. The minimum atomic E-state index is 0.0734. The first-order valence-electron chi connectivity index (χ1n) is 8.73. The average molecular weight is 346 g/mol. The van der Waals surface area contributed by atoms with Crippen molar-refractivity contribution in [3.63, 3.8) is 0 Å². The van der Waals surface area contributed by atoms with Crippen molar-refractivity contribution in [2.45, 2.75) is 25.9 Å². The van der Waals surface area contributed by atoms with Crippen LogP contribution < -0.4 is 9.13 Å². The van der Waals surface area contributed by atoms with Gasteiger partial charge >= 0.3 is 0 Å². The van der Waals surface area contributed by atoms with Gasteiger partial charge in [0.1, 0.15) is 0 Å². The number of hydrogen-bond acceptors (Lipinski definition) is 2. The van der Waals surface area contributed by atoms with Crippen molar-refractivity contribution in [2.75, 3.05) is 0 Å². The number of hydrogen-bond donors (Lipinski definition) is 0. The molecule has 0 aliphatic rings. The van der Waals surface area contributed by atoms with Crippen LogP contribution in [0.4, 0.5) is 0 Å². The van der Waals surface area contributed by atoms with Crippen LogP contribution in [0, 0.1) is 0 Å². The maximum atomic E-state index is 12.3. The fraction of sp³-hybridized carbons (Fsp3) is 0.182. The SMILES string of the molecule is O=C(CCc1ccc(C(=O)C[n+]2ccccc2)cc1)C[n+]1ccccc1. The van der Waals surface area contributed by atoms with E-state index in [9.17, 15) is 9.59 Å². The van der Waals surface area contributed by atoms with Gasteiger partial charge in [-0.25, -0.2) is 0 Å². The van der Waals surface area contributed by atoms with Crippen molar-refractivity contribution in [1.82, 2.24) is 0 Å². The lowest BCUT2D eigenvalue weighted by molar-refractivity contribution is -0.684. The van der Waals surface area contributed by atoms with Crippen LogP contribution in [0.15, 0.2) is 85.5 Å². The molecule has 0 aliphatic carbocycles. The minimum Gasteiger partial charge on any atom is -0.293 e. The van der Waals surface area contributed by atoms with Crippen LogP contribution in [-0.2, 0) is 24.3 Å². The molecule has 3 rings (SSSR count). The molecule has 0 amide bonds. The van der Waals surface area contributed by atoms with Gasteiger partial charge in [-0.3, -0.25) is 9.59 Å². The molecule has 4 nitrogen and oxygen atoms in total. The average Bonchev–Trinajstić information content (AvgIpc) is 2.68. The molecule has 4 heteroatoms. The highest BCUT2D eigenvalue weighted by Gasteiger charge is 2.12. The summed E-state index contributed by atoms with van der Waals surface area (Å²) in [4.78, 5) is 24.4. The van der Waals surface area contributed by atoms with Gasteiger partial charge in [-0.15, -0.1) is 0 Å². The third-order valence-corrected chi connectivity index (χ3v) is 4.21. The third kappa shape index (κ3) is 5.18. The van der Waals surface area contributed by atoms with E-state index in [1.165, 1.54) is 0 Å². The summed E-state index contributed by atoms with van der Waals surface area (Å²) < 4.78 is 3.74. The fourth-order valence-electron chi connectivity index (χ4n) is 2.76. The second-order valence-corrected chi connectivity index (χ2v) is 6.25. The van der Waals surface area contributed by atoms with Crippen molar-refractivity contribution in [2.24, 2.45) is 0 Å². The Balaban J connectivity index is 1.51. The Morgan fingerprint density at radius 2 is 1.23 bits per heavy atom. The molecule has 0 unspecified atom stereocenters. The molecular formula is C22H22N2O2+2. The normalized spacial score (nSPS) is 10.5. The zero-order valence-corrected chi connectivity index (χ0v) is 14.6. The van der Waals surface area contributed by atoms with Crippen LogP contribution >= 0.6 is 0 Å². The van der Waals surface area contributed by atoms with Gasteiger partial charge in [-0.05, 0) is 12.0 Å². The molecule has 0 spiro atoms. The Morgan fingerprint density at radius 3 is 1.81 bits per heavy atom. The van der Waals surface area contributed by atoms with Crippen LogP contribution in [0.3, 0.4) is 0 Å². The molecule has 0 bridgehead atoms. The van der Waals surface area contributed by atoms with Crippen molar-refractivity contribution in [3.05, 3.63) is 96.6 Å². The van der Waals surface area contributed by atoms with E-state index in [1.54, 1.807) is 0 Å². The van der Waals surface area contributed by atoms with E-state index < -0.39 is 0 Å². The molecule has 0 fully saturated rings. The van der Waals surface area contributed by atoms with Gasteiger partial charge in [0.15, 0.2) is 30.6 Å². The Kier molecular flexibility index (Phi) is 5.99. The quantitative estimate of drug-likeness (QED) is 0.464. The van der Waals surface area contributed by atoms with Gasteiger partial charge in [0.05, 0.1) is 0 Å². The van der Waals surface area contributed by atoms with Crippen LogP contribution in [0.5, 0.6) is 0 Å². The van der Waals surface area contributed by atoms with Crippen molar-refractivity contribution in [3.8, 4) is 0 Å². The van der Waals surface area contributed by atoms with Crippen molar-refractivity contribution < 1.29 is 18.7 Å².